The van der Waals surface area contributed by atoms with Gasteiger partial charge in [-0.15, -0.1) is 0 Å². The van der Waals surface area contributed by atoms with E-state index < -0.39 is 0 Å². The number of carbonyl (C=O) groups excluding carboxylic acids is 1. The zero-order chi connectivity index (χ0) is 14.6. The Kier molecular flexibility index (Phi) is 4.60. The number of morpholine rings is 1. The summed E-state index contributed by atoms with van der Waals surface area (Å²) in [5.41, 5.74) is 0.356. The molecule has 1 aromatic rings. The predicted octanol–water partition coefficient (Wildman–Crippen LogP) is 2.15. The van der Waals surface area contributed by atoms with Gasteiger partial charge in [-0.2, -0.15) is 0 Å². The van der Waals surface area contributed by atoms with Gasteiger partial charge in [-0.25, -0.2) is 4.98 Å². The predicted molar refractivity (Wildman–Crippen MR) is 79.0 cm³/mol. The molecule has 5 nitrogen and oxygen atoms in total. The molecule has 1 N–H and O–H groups in total. The number of aromatic nitrogens is 1. The Balaban J connectivity index is 2.01. The van der Waals surface area contributed by atoms with E-state index in [9.17, 15) is 4.79 Å². The summed E-state index contributed by atoms with van der Waals surface area (Å²) in [6.45, 7) is 8.83. The first-order valence-electron chi connectivity index (χ1n) is 7.15. The van der Waals surface area contributed by atoms with Crippen molar-refractivity contribution in [2.24, 2.45) is 0 Å². The van der Waals surface area contributed by atoms with Crippen LogP contribution in [0.2, 0.25) is 0 Å². The van der Waals surface area contributed by atoms with E-state index in [1.807, 2.05) is 30.9 Å². The highest BCUT2D eigenvalue weighted by molar-refractivity contribution is 5.94. The van der Waals surface area contributed by atoms with Crippen molar-refractivity contribution in [3.8, 4) is 0 Å². The maximum atomic E-state index is 12.4. The van der Waals surface area contributed by atoms with Gasteiger partial charge in [-0.1, -0.05) is 6.92 Å². The van der Waals surface area contributed by atoms with Gasteiger partial charge in [0.2, 0.25) is 0 Å². The van der Waals surface area contributed by atoms with Crippen LogP contribution in [0.1, 0.15) is 37.6 Å². The van der Waals surface area contributed by atoms with Crippen LogP contribution in [0.15, 0.2) is 18.3 Å². The van der Waals surface area contributed by atoms with E-state index in [0.717, 1.165) is 18.8 Å². The molecule has 0 unspecified atom stereocenters. The minimum absolute atomic E-state index is 0.0240. The van der Waals surface area contributed by atoms with Crippen molar-refractivity contribution < 1.29 is 9.53 Å². The molecule has 110 valence electrons. The minimum Gasteiger partial charge on any atom is -0.372 e. The van der Waals surface area contributed by atoms with E-state index in [1.54, 1.807) is 6.20 Å². The zero-order valence-electron chi connectivity index (χ0n) is 12.5. The molecular formula is C15H23N3O2. The third kappa shape index (κ3) is 3.70. The Morgan fingerprint density at radius 1 is 1.50 bits per heavy atom. The topological polar surface area (TPSA) is 54.5 Å². The Labute approximate surface area is 120 Å². The molecule has 0 spiro atoms. The number of ether oxygens (including phenoxy) is 1. The second-order valence-corrected chi connectivity index (χ2v) is 5.69. The molecule has 20 heavy (non-hydrogen) atoms. The summed E-state index contributed by atoms with van der Waals surface area (Å²) >= 11 is 0. The molecule has 0 radical (unpaired) electrons. The normalized spacial score (nSPS) is 17.9. The van der Waals surface area contributed by atoms with Crippen LogP contribution in [0.4, 0.5) is 5.82 Å². The van der Waals surface area contributed by atoms with E-state index in [1.165, 1.54) is 0 Å². The van der Waals surface area contributed by atoms with Crippen LogP contribution >= 0.6 is 0 Å². The second kappa shape index (κ2) is 6.22. The van der Waals surface area contributed by atoms with Crippen molar-refractivity contribution in [3.05, 3.63) is 23.9 Å². The molecule has 5 heteroatoms. The molecule has 0 saturated carbocycles. The Hall–Kier alpha value is -1.62. The van der Waals surface area contributed by atoms with Crippen molar-refractivity contribution in [2.75, 3.05) is 31.6 Å². The Bertz CT molecular complexity index is 457. The van der Waals surface area contributed by atoms with Crippen molar-refractivity contribution >= 4 is 11.7 Å². The van der Waals surface area contributed by atoms with E-state index in [2.05, 4.69) is 17.2 Å². The average Bonchev–Trinajstić information content (AvgIpc) is 2.44. The Morgan fingerprint density at radius 3 is 2.90 bits per heavy atom. The lowest BCUT2D eigenvalue weighted by Crippen LogP contribution is -2.50. The largest absolute Gasteiger partial charge is 0.372 e. The first-order valence-corrected chi connectivity index (χ1v) is 7.15. The van der Waals surface area contributed by atoms with Crippen LogP contribution < -0.4 is 5.32 Å². The first kappa shape index (κ1) is 14.8. The fraction of sp³-hybridized carbons (Fsp3) is 0.600. The minimum atomic E-state index is -0.274. The lowest BCUT2D eigenvalue weighted by atomic mass is 10.1. The van der Waals surface area contributed by atoms with E-state index in [4.69, 9.17) is 4.74 Å². The fourth-order valence-corrected chi connectivity index (χ4v) is 2.25. The lowest BCUT2D eigenvalue weighted by molar-refractivity contribution is -0.0764. The molecular weight excluding hydrogens is 254 g/mol. The van der Waals surface area contributed by atoms with Gasteiger partial charge in [0.25, 0.3) is 5.91 Å². The Morgan fingerprint density at radius 2 is 2.30 bits per heavy atom. The van der Waals surface area contributed by atoms with E-state index in [0.29, 0.717) is 25.3 Å². The molecule has 1 saturated heterocycles. The van der Waals surface area contributed by atoms with Crippen molar-refractivity contribution in [1.82, 2.24) is 9.88 Å². The number of carbonyl (C=O) groups is 1. The monoisotopic (exact) mass is 277 g/mol. The van der Waals surface area contributed by atoms with Gasteiger partial charge in [0.15, 0.2) is 0 Å². The van der Waals surface area contributed by atoms with Gasteiger partial charge >= 0.3 is 0 Å². The fourth-order valence-electron chi connectivity index (χ4n) is 2.25. The molecule has 0 bridgehead atoms. The molecule has 0 aliphatic carbocycles. The molecule has 2 rings (SSSR count). The maximum Gasteiger partial charge on any atom is 0.255 e. The summed E-state index contributed by atoms with van der Waals surface area (Å²) in [7, 11) is 0. The van der Waals surface area contributed by atoms with Crippen LogP contribution in [0.25, 0.3) is 0 Å². The number of anilines is 1. The number of nitrogens with one attached hydrogen (secondary N) is 1. The first-order chi connectivity index (χ1) is 9.52. The summed E-state index contributed by atoms with van der Waals surface area (Å²) in [5, 5.41) is 3.20. The van der Waals surface area contributed by atoms with Gasteiger partial charge in [-0.05, 0) is 32.4 Å². The van der Waals surface area contributed by atoms with E-state index in [-0.39, 0.29) is 11.5 Å². The standard InChI is InChI=1S/C15H23N3O2/c1-4-7-16-13-6-5-12(10-17-13)14(19)18-8-9-20-15(2,3)11-18/h5-6,10H,4,7-9,11H2,1-3H3,(H,16,17). The SMILES string of the molecule is CCCNc1ccc(C(=O)N2CCOC(C)(C)C2)cn1. The zero-order valence-corrected chi connectivity index (χ0v) is 12.5. The highest BCUT2D eigenvalue weighted by Gasteiger charge is 2.30. The molecule has 2 heterocycles. The van der Waals surface area contributed by atoms with Gasteiger partial charge in [0, 0.05) is 25.8 Å². The number of nitrogens with zero attached hydrogens (tertiary/aromatic N) is 2. The third-order valence-electron chi connectivity index (χ3n) is 3.28. The van der Waals surface area contributed by atoms with Gasteiger partial charge in [0.1, 0.15) is 5.82 Å². The number of hydrogen-bond donors (Lipinski definition) is 1. The van der Waals surface area contributed by atoms with Crippen LogP contribution in [-0.4, -0.2) is 47.6 Å². The highest BCUT2D eigenvalue weighted by Crippen LogP contribution is 2.18. The van der Waals surface area contributed by atoms with Gasteiger partial charge < -0.3 is 15.0 Å². The average molecular weight is 277 g/mol. The summed E-state index contributed by atoms with van der Waals surface area (Å²) in [6.07, 6.45) is 2.69. The van der Waals surface area contributed by atoms with Crippen LogP contribution in [0.5, 0.6) is 0 Å². The summed E-state index contributed by atoms with van der Waals surface area (Å²) in [5.74, 6) is 0.835. The van der Waals surface area contributed by atoms with Crippen LogP contribution in [0.3, 0.4) is 0 Å². The number of amides is 1. The molecule has 1 aliphatic heterocycles. The molecule has 1 aromatic heterocycles. The highest BCUT2D eigenvalue weighted by atomic mass is 16.5. The van der Waals surface area contributed by atoms with Crippen molar-refractivity contribution in [3.63, 3.8) is 0 Å². The van der Waals surface area contributed by atoms with E-state index >= 15 is 0 Å². The number of pyridine rings is 1. The van der Waals surface area contributed by atoms with Crippen molar-refractivity contribution in [2.45, 2.75) is 32.8 Å². The second-order valence-electron chi connectivity index (χ2n) is 5.69. The maximum absolute atomic E-state index is 12.4. The lowest BCUT2D eigenvalue weighted by Gasteiger charge is -2.38. The third-order valence-corrected chi connectivity index (χ3v) is 3.28. The number of hydrogen-bond acceptors (Lipinski definition) is 4. The smallest absolute Gasteiger partial charge is 0.255 e. The van der Waals surface area contributed by atoms with Crippen LogP contribution in [0, 0.1) is 0 Å². The summed E-state index contributed by atoms with van der Waals surface area (Å²) in [6, 6.07) is 3.68. The molecule has 1 aliphatic rings. The molecule has 0 aromatic carbocycles. The molecule has 1 amide bonds. The number of rotatable bonds is 4. The summed E-state index contributed by atoms with van der Waals surface area (Å²) in [4.78, 5) is 18.5. The summed E-state index contributed by atoms with van der Waals surface area (Å²) < 4.78 is 5.63. The molecule has 0 atom stereocenters. The molecule has 1 fully saturated rings. The van der Waals surface area contributed by atoms with Gasteiger partial charge in [0.05, 0.1) is 17.8 Å². The quantitative estimate of drug-likeness (QED) is 0.916. The van der Waals surface area contributed by atoms with Crippen LogP contribution in [-0.2, 0) is 4.74 Å². The van der Waals surface area contributed by atoms with Crippen molar-refractivity contribution in [1.29, 1.82) is 0 Å². The van der Waals surface area contributed by atoms with Gasteiger partial charge in [-0.3, -0.25) is 4.79 Å².